The van der Waals surface area contributed by atoms with Crippen LogP contribution in [-0.4, -0.2) is 10.3 Å². The molecular weight excluding hydrogens is 348 g/mol. The summed E-state index contributed by atoms with van der Waals surface area (Å²) in [5.74, 6) is 1.54. The van der Waals surface area contributed by atoms with Crippen LogP contribution in [0.25, 0.3) is 10.8 Å². The van der Waals surface area contributed by atoms with E-state index in [1.165, 1.54) is 0 Å². The van der Waals surface area contributed by atoms with Gasteiger partial charge in [-0.05, 0) is 41.5 Å². The van der Waals surface area contributed by atoms with E-state index in [-0.39, 0.29) is 11.8 Å². The Morgan fingerprint density at radius 1 is 1.04 bits per heavy atom. The molecule has 1 atom stereocenters. The lowest BCUT2D eigenvalue weighted by Gasteiger charge is -2.22. The van der Waals surface area contributed by atoms with E-state index >= 15 is 0 Å². The molecule has 5 heteroatoms. The van der Waals surface area contributed by atoms with Crippen molar-refractivity contribution in [2.75, 3.05) is 5.32 Å². The second-order valence-electron chi connectivity index (χ2n) is 6.17. The molecule has 0 aliphatic heterocycles. The van der Waals surface area contributed by atoms with Crippen molar-refractivity contribution in [1.82, 2.24) is 5.16 Å². The highest BCUT2D eigenvalue weighted by Crippen LogP contribution is 2.38. The molecule has 4 rings (SSSR count). The average molecular weight is 365 g/mol. The van der Waals surface area contributed by atoms with Crippen LogP contribution >= 0.6 is 11.6 Å². The fraction of sp³-hybridized carbons (Fsp3) is 0.0952. The lowest BCUT2D eigenvalue weighted by atomic mass is 9.92. The fourth-order valence-corrected chi connectivity index (χ4v) is 3.27. The molecule has 0 saturated carbocycles. The molecule has 0 spiro atoms. The highest BCUT2D eigenvalue weighted by molar-refractivity contribution is 6.30. The SMILES string of the molecule is Cc1cc(NC(c2ccc(Cl)cc2)c2c(O)ccc3ccccc23)no1. The number of aromatic hydroxyl groups is 1. The van der Waals surface area contributed by atoms with Gasteiger partial charge >= 0.3 is 0 Å². The van der Waals surface area contributed by atoms with Crippen molar-refractivity contribution in [3.63, 3.8) is 0 Å². The normalized spacial score (nSPS) is 12.2. The van der Waals surface area contributed by atoms with Gasteiger partial charge in [0.25, 0.3) is 0 Å². The van der Waals surface area contributed by atoms with Gasteiger partial charge in [-0.2, -0.15) is 0 Å². The molecule has 4 nitrogen and oxygen atoms in total. The maximum absolute atomic E-state index is 10.7. The number of fused-ring (bicyclic) bond motifs is 1. The summed E-state index contributed by atoms with van der Waals surface area (Å²) >= 11 is 6.06. The van der Waals surface area contributed by atoms with Crippen LogP contribution in [0.1, 0.15) is 22.9 Å². The number of phenolic OH excluding ortho intramolecular Hbond substituents is 1. The smallest absolute Gasteiger partial charge is 0.170 e. The Balaban J connectivity index is 1.90. The summed E-state index contributed by atoms with van der Waals surface area (Å²) in [6.45, 7) is 1.84. The summed E-state index contributed by atoms with van der Waals surface area (Å²) in [7, 11) is 0. The standard InChI is InChI=1S/C21H17ClN2O2/c1-13-12-19(24-26-13)23-21(15-6-9-16(22)10-7-15)20-17-5-3-2-4-14(17)8-11-18(20)25/h2-12,21,25H,1H3,(H,23,24). The number of rotatable bonds is 4. The number of aromatic nitrogens is 1. The highest BCUT2D eigenvalue weighted by Gasteiger charge is 2.21. The second-order valence-corrected chi connectivity index (χ2v) is 6.61. The van der Waals surface area contributed by atoms with E-state index in [0.717, 1.165) is 21.9 Å². The molecule has 1 unspecified atom stereocenters. The molecule has 0 aliphatic carbocycles. The lowest BCUT2D eigenvalue weighted by molar-refractivity contribution is 0.399. The summed E-state index contributed by atoms with van der Waals surface area (Å²) in [4.78, 5) is 0. The molecule has 0 saturated heterocycles. The number of hydrogen-bond donors (Lipinski definition) is 2. The number of nitrogens with zero attached hydrogens (tertiary/aromatic N) is 1. The summed E-state index contributed by atoms with van der Waals surface area (Å²) in [5, 5.41) is 20.8. The first kappa shape index (κ1) is 16.5. The quantitative estimate of drug-likeness (QED) is 0.488. The van der Waals surface area contributed by atoms with Crippen molar-refractivity contribution in [3.05, 3.63) is 88.6 Å². The van der Waals surface area contributed by atoms with E-state index in [0.29, 0.717) is 16.6 Å². The average Bonchev–Trinajstić information content (AvgIpc) is 3.06. The van der Waals surface area contributed by atoms with Crippen LogP contribution in [0.2, 0.25) is 5.02 Å². The number of aryl methyl sites for hydroxylation is 1. The van der Waals surface area contributed by atoms with E-state index in [9.17, 15) is 5.11 Å². The van der Waals surface area contributed by atoms with Crippen LogP contribution in [0.3, 0.4) is 0 Å². The zero-order chi connectivity index (χ0) is 18.1. The predicted molar refractivity (Wildman–Crippen MR) is 104 cm³/mol. The Kier molecular flexibility index (Phi) is 4.27. The van der Waals surface area contributed by atoms with Gasteiger partial charge in [-0.1, -0.05) is 59.2 Å². The fourth-order valence-electron chi connectivity index (χ4n) is 3.15. The minimum absolute atomic E-state index is 0.219. The van der Waals surface area contributed by atoms with Crippen molar-refractivity contribution in [1.29, 1.82) is 0 Å². The maximum atomic E-state index is 10.7. The first-order valence-electron chi connectivity index (χ1n) is 8.28. The van der Waals surface area contributed by atoms with E-state index in [1.807, 2.05) is 67.6 Å². The number of halogens is 1. The number of hydrogen-bond acceptors (Lipinski definition) is 4. The van der Waals surface area contributed by atoms with Crippen LogP contribution in [0, 0.1) is 6.92 Å². The van der Waals surface area contributed by atoms with Gasteiger partial charge in [0.1, 0.15) is 11.5 Å². The van der Waals surface area contributed by atoms with Gasteiger partial charge in [0.2, 0.25) is 0 Å². The van der Waals surface area contributed by atoms with Crippen molar-refractivity contribution in [2.24, 2.45) is 0 Å². The van der Waals surface area contributed by atoms with Crippen molar-refractivity contribution >= 4 is 28.2 Å². The predicted octanol–water partition coefficient (Wildman–Crippen LogP) is 5.70. The Morgan fingerprint density at radius 2 is 1.81 bits per heavy atom. The third-order valence-electron chi connectivity index (χ3n) is 4.36. The lowest BCUT2D eigenvalue weighted by Crippen LogP contribution is -2.13. The van der Waals surface area contributed by atoms with E-state index in [1.54, 1.807) is 6.07 Å². The van der Waals surface area contributed by atoms with E-state index in [2.05, 4.69) is 10.5 Å². The summed E-state index contributed by atoms with van der Waals surface area (Å²) in [5.41, 5.74) is 1.74. The molecule has 26 heavy (non-hydrogen) atoms. The number of benzene rings is 3. The monoisotopic (exact) mass is 364 g/mol. The van der Waals surface area contributed by atoms with Crippen LogP contribution in [0.4, 0.5) is 5.82 Å². The number of anilines is 1. The maximum Gasteiger partial charge on any atom is 0.170 e. The second kappa shape index (κ2) is 6.73. The van der Waals surface area contributed by atoms with Crippen molar-refractivity contribution in [3.8, 4) is 5.75 Å². The third-order valence-corrected chi connectivity index (χ3v) is 4.61. The van der Waals surface area contributed by atoms with Gasteiger partial charge in [-0.25, -0.2) is 0 Å². The van der Waals surface area contributed by atoms with Crippen LogP contribution in [-0.2, 0) is 0 Å². The van der Waals surface area contributed by atoms with Gasteiger partial charge in [0.05, 0.1) is 6.04 Å². The zero-order valence-corrected chi connectivity index (χ0v) is 14.9. The van der Waals surface area contributed by atoms with E-state index in [4.69, 9.17) is 16.1 Å². The molecule has 0 bridgehead atoms. The molecule has 3 aromatic carbocycles. The molecule has 1 heterocycles. The van der Waals surface area contributed by atoms with Gasteiger partial charge in [0, 0.05) is 16.7 Å². The Bertz CT molecular complexity index is 1060. The van der Waals surface area contributed by atoms with E-state index < -0.39 is 0 Å². The molecule has 0 amide bonds. The van der Waals surface area contributed by atoms with Gasteiger partial charge < -0.3 is 14.9 Å². The topological polar surface area (TPSA) is 58.3 Å². The van der Waals surface area contributed by atoms with Gasteiger partial charge in [-0.15, -0.1) is 0 Å². The summed E-state index contributed by atoms with van der Waals surface area (Å²) in [6.07, 6.45) is 0. The summed E-state index contributed by atoms with van der Waals surface area (Å²) < 4.78 is 5.18. The third kappa shape index (κ3) is 3.11. The van der Waals surface area contributed by atoms with Crippen LogP contribution in [0.5, 0.6) is 5.75 Å². The highest BCUT2D eigenvalue weighted by atomic mass is 35.5. The molecule has 2 N–H and O–H groups in total. The number of nitrogens with one attached hydrogen (secondary N) is 1. The minimum atomic E-state index is -0.317. The van der Waals surface area contributed by atoms with Gasteiger partial charge in [0.15, 0.2) is 5.82 Å². The van der Waals surface area contributed by atoms with Crippen LogP contribution in [0.15, 0.2) is 71.3 Å². The molecule has 1 aromatic heterocycles. The van der Waals surface area contributed by atoms with Gasteiger partial charge in [-0.3, -0.25) is 0 Å². The number of phenols is 1. The van der Waals surface area contributed by atoms with Crippen molar-refractivity contribution < 1.29 is 9.63 Å². The Hall–Kier alpha value is -2.98. The Morgan fingerprint density at radius 3 is 2.54 bits per heavy atom. The van der Waals surface area contributed by atoms with Crippen molar-refractivity contribution in [2.45, 2.75) is 13.0 Å². The zero-order valence-electron chi connectivity index (χ0n) is 14.1. The largest absolute Gasteiger partial charge is 0.508 e. The Labute approximate surface area is 156 Å². The molecule has 130 valence electrons. The van der Waals surface area contributed by atoms with Crippen LogP contribution < -0.4 is 5.32 Å². The molecule has 0 radical (unpaired) electrons. The minimum Gasteiger partial charge on any atom is -0.508 e. The molecule has 0 aliphatic rings. The first-order chi connectivity index (χ1) is 12.6. The molecular formula is C21H17ClN2O2. The molecule has 4 aromatic rings. The first-order valence-corrected chi connectivity index (χ1v) is 8.65. The molecule has 0 fully saturated rings. The summed E-state index contributed by atoms with van der Waals surface area (Å²) in [6, 6.07) is 20.7.